The van der Waals surface area contributed by atoms with E-state index in [-0.39, 0.29) is 12.5 Å². The lowest BCUT2D eigenvalue weighted by molar-refractivity contribution is -0.123. The third kappa shape index (κ3) is 5.98. The SMILES string of the molecule is O=C(COc1ccc(Br)cc1)N/N=C\c1ccc(OC(=O)c2sc3ccccc3c2Cl)cc1. The van der Waals surface area contributed by atoms with Crippen molar-refractivity contribution >= 4 is 67.0 Å². The lowest BCUT2D eigenvalue weighted by Gasteiger charge is -2.05. The lowest BCUT2D eigenvalue weighted by atomic mass is 10.2. The maximum atomic E-state index is 12.5. The molecule has 0 aliphatic carbocycles. The molecule has 33 heavy (non-hydrogen) atoms. The number of benzene rings is 3. The maximum absolute atomic E-state index is 12.5. The van der Waals surface area contributed by atoms with Gasteiger partial charge in [0.05, 0.1) is 11.2 Å². The molecule has 0 fully saturated rings. The summed E-state index contributed by atoms with van der Waals surface area (Å²) in [4.78, 5) is 24.7. The summed E-state index contributed by atoms with van der Waals surface area (Å²) in [7, 11) is 0. The normalized spacial score (nSPS) is 11.0. The van der Waals surface area contributed by atoms with Crippen LogP contribution in [0.2, 0.25) is 5.02 Å². The molecule has 0 aliphatic rings. The fourth-order valence-corrected chi connectivity index (χ4v) is 4.46. The van der Waals surface area contributed by atoms with Gasteiger partial charge in [0.25, 0.3) is 5.91 Å². The van der Waals surface area contributed by atoms with Gasteiger partial charge in [-0.2, -0.15) is 5.10 Å². The van der Waals surface area contributed by atoms with Crippen LogP contribution in [0.15, 0.2) is 82.4 Å². The highest BCUT2D eigenvalue weighted by atomic mass is 79.9. The molecule has 0 radical (unpaired) electrons. The van der Waals surface area contributed by atoms with Crippen molar-refractivity contribution in [2.24, 2.45) is 5.10 Å². The molecular formula is C24H16BrClN2O4S. The quantitative estimate of drug-likeness (QED) is 0.133. The molecule has 0 saturated carbocycles. The number of amides is 1. The average Bonchev–Trinajstić information content (AvgIpc) is 3.17. The van der Waals surface area contributed by atoms with Gasteiger partial charge in [0.15, 0.2) is 6.61 Å². The number of carbonyl (C=O) groups is 2. The van der Waals surface area contributed by atoms with Crippen LogP contribution >= 0.6 is 38.9 Å². The van der Waals surface area contributed by atoms with Gasteiger partial charge in [0.2, 0.25) is 0 Å². The number of thiophene rings is 1. The van der Waals surface area contributed by atoms with E-state index >= 15 is 0 Å². The predicted molar refractivity (Wildman–Crippen MR) is 134 cm³/mol. The Kier molecular flexibility index (Phi) is 7.39. The fourth-order valence-electron chi connectivity index (χ4n) is 2.81. The zero-order valence-corrected chi connectivity index (χ0v) is 20.1. The molecule has 0 spiro atoms. The van der Waals surface area contributed by atoms with E-state index in [1.165, 1.54) is 17.6 Å². The van der Waals surface area contributed by atoms with Crippen LogP contribution in [0.5, 0.6) is 11.5 Å². The number of esters is 1. The maximum Gasteiger partial charge on any atom is 0.355 e. The van der Waals surface area contributed by atoms with E-state index < -0.39 is 5.97 Å². The number of nitrogens with one attached hydrogen (secondary N) is 1. The molecule has 0 bridgehead atoms. The van der Waals surface area contributed by atoms with Crippen LogP contribution < -0.4 is 14.9 Å². The van der Waals surface area contributed by atoms with Gasteiger partial charge < -0.3 is 9.47 Å². The van der Waals surface area contributed by atoms with Crippen molar-refractivity contribution in [3.8, 4) is 11.5 Å². The Labute approximate surface area is 206 Å². The van der Waals surface area contributed by atoms with Gasteiger partial charge >= 0.3 is 5.97 Å². The van der Waals surface area contributed by atoms with E-state index in [1.54, 1.807) is 36.4 Å². The van der Waals surface area contributed by atoms with E-state index in [9.17, 15) is 9.59 Å². The van der Waals surface area contributed by atoms with Crippen molar-refractivity contribution in [2.45, 2.75) is 0 Å². The van der Waals surface area contributed by atoms with Crippen LogP contribution in [0.25, 0.3) is 10.1 Å². The molecule has 1 heterocycles. The van der Waals surface area contributed by atoms with Crippen molar-refractivity contribution < 1.29 is 19.1 Å². The van der Waals surface area contributed by atoms with Gasteiger partial charge in [-0.3, -0.25) is 4.79 Å². The summed E-state index contributed by atoms with van der Waals surface area (Å²) in [6.45, 7) is -0.159. The van der Waals surface area contributed by atoms with Crippen LogP contribution in [0.4, 0.5) is 0 Å². The van der Waals surface area contributed by atoms with E-state index in [0.29, 0.717) is 27.0 Å². The Bertz CT molecular complexity index is 1320. The summed E-state index contributed by atoms with van der Waals surface area (Å²) in [5, 5.41) is 5.13. The van der Waals surface area contributed by atoms with Gasteiger partial charge in [-0.25, -0.2) is 10.2 Å². The third-order valence-electron chi connectivity index (χ3n) is 4.40. The molecule has 1 aromatic heterocycles. The van der Waals surface area contributed by atoms with Crippen LogP contribution in [0, 0.1) is 0 Å². The van der Waals surface area contributed by atoms with Crippen LogP contribution in [0.3, 0.4) is 0 Å². The number of hydrogen-bond acceptors (Lipinski definition) is 6. The molecule has 4 rings (SSSR count). The number of nitrogens with zero attached hydrogens (tertiary/aromatic N) is 1. The predicted octanol–water partition coefficient (Wildman–Crippen LogP) is 6.07. The first-order valence-electron chi connectivity index (χ1n) is 9.69. The van der Waals surface area contributed by atoms with E-state index in [2.05, 4.69) is 26.5 Å². The fraction of sp³-hybridized carbons (Fsp3) is 0.0417. The standard InChI is InChI=1S/C24H16BrClN2O4S/c25-16-7-11-17(12-8-16)31-14-21(29)28-27-13-15-5-9-18(10-6-15)32-24(30)23-22(26)19-3-1-2-4-20(19)33-23/h1-13H,14H2,(H,28,29)/b27-13-. The van der Waals surface area contributed by atoms with Gasteiger partial charge in [0.1, 0.15) is 16.4 Å². The largest absolute Gasteiger partial charge is 0.484 e. The van der Waals surface area contributed by atoms with E-state index in [1.807, 2.05) is 36.4 Å². The molecular weight excluding hydrogens is 528 g/mol. The van der Waals surface area contributed by atoms with Crippen molar-refractivity contribution in [3.63, 3.8) is 0 Å². The smallest absolute Gasteiger partial charge is 0.355 e. The van der Waals surface area contributed by atoms with E-state index in [4.69, 9.17) is 21.1 Å². The second-order valence-corrected chi connectivity index (χ2v) is 9.08. The Hall–Kier alpha value is -3.20. The van der Waals surface area contributed by atoms with Crippen molar-refractivity contribution in [3.05, 3.63) is 92.7 Å². The summed E-state index contributed by atoms with van der Waals surface area (Å²) in [6, 6.07) is 21.4. The summed E-state index contributed by atoms with van der Waals surface area (Å²) < 4.78 is 12.7. The minimum Gasteiger partial charge on any atom is -0.484 e. The number of ether oxygens (including phenoxy) is 2. The Morgan fingerprint density at radius 3 is 2.42 bits per heavy atom. The monoisotopic (exact) mass is 542 g/mol. The topological polar surface area (TPSA) is 77.0 Å². The van der Waals surface area contributed by atoms with E-state index in [0.717, 1.165) is 14.6 Å². The van der Waals surface area contributed by atoms with Crippen LogP contribution in [-0.4, -0.2) is 24.7 Å². The Balaban J connectivity index is 1.29. The Morgan fingerprint density at radius 1 is 1.00 bits per heavy atom. The Morgan fingerprint density at radius 2 is 1.70 bits per heavy atom. The first-order chi connectivity index (χ1) is 16.0. The van der Waals surface area contributed by atoms with Gasteiger partial charge in [-0.05, 0) is 60.2 Å². The minimum absolute atomic E-state index is 0.159. The number of rotatable bonds is 7. The molecule has 0 atom stereocenters. The molecule has 3 aromatic carbocycles. The molecule has 0 unspecified atom stereocenters. The van der Waals surface area contributed by atoms with Crippen molar-refractivity contribution in [1.82, 2.24) is 5.43 Å². The molecule has 0 saturated heterocycles. The highest BCUT2D eigenvalue weighted by molar-refractivity contribution is 9.10. The molecule has 9 heteroatoms. The van der Waals surface area contributed by atoms with Crippen molar-refractivity contribution in [2.75, 3.05) is 6.61 Å². The lowest BCUT2D eigenvalue weighted by Crippen LogP contribution is -2.24. The number of hydrazone groups is 1. The number of fused-ring (bicyclic) bond motifs is 1. The van der Waals surface area contributed by atoms with Gasteiger partial charge in [-0.1, -0.05) is 45.7 Å². The average molecular weight is 544 g/mol. The molecule has 4 aromatic rings. The summed E-state index contributed by atoms with van der Waals surface area (Å²) in [5.41, 5.74) is 3.11. The molecule has 1 N–H and O–H groups in total. The summed E-state index contributed by atoms with van der Waals surface area (Å²) in [6.07, 6.45) is 1.48. The van der Waals surface area contributed by atoms with Crippen molar-refractivity contribution in [1.29, 1.82) is 0 Å². The first-order valence-corrected chi connectivity index (χ1v) is 11.7. The zero-order chi connectivity index (χ0) is 23.2. The number of carbonyl (C=O) groups excluding carboxylic acids is 2. The highest BCUT2D eigenvalue weighted by Gasteiger charge is 2.18. The minimum atomic E-state index is -0.513. The summed E-state index contributed by atoms with van der Waals surface area (Å²) in [5.74, 6) is 0.0533. The third-order valence-corrected chi connectivity index (χ3v) is 6.58. The van der Waals surface area contributed by atoms with Gasteiger partial charge in [0, 0.05) is 14.6 Å². The number of hydrogen-bond donors (Lipinski definition) is 1. The molecule has 1 amide bonds. The second-order valence-electron chi connectivity index (χ2n) is 6.74. The van der Waals surface area contributed by atoms with Crippen LogP contribution in [-0.2, 0) is 4.79 Å². The highest BCUT2D eigenvalue weighted by Crippen LogP contribution is 2.35. The number of halogens is 2. The summed E-state index contributed by atoms with van der Waals surface area (Å²) >= 11 is 11.0. The second kappa shape index (κ2) is 10.6. The zero-order valence-electron chi connectivity index (χ0n) is 17.0. The molecule has 166 valence electrons. The molecule has 6 nitrogen and oxygen atoms in total. The van der Waals surface area contributed by atoms with Crippen LogP contribution in [0.1, 0.15) is 15.2 Å². The van der Waals surface area contributed by atoms with Gasteiger partial charge in [-0.15, -0.1) is 11.3 Å². The first kappa shape index (κ1) is 23.0. The molecule has 0 aliphatic heterocycles.